The van der Waals surface area contributed by atoms with Crippen molar-refractivity contribution in [3.05, 3.63) is 98.9 Å². The topological polar surface area (TPSA) is 73.1 Å². The van der Waals surface area contributed by atoms with Crippen LogP contribution in [0.4, 0.5) is 5.69 Å². The van der Waals surface area contributed by atoms with Crippen molar-refractivity contribution in [2.75, 3.05) is 5.32 Å². The molecule has 0 fully saturated rings. The first kappa shape index (κ1) is 19.3. The Hall–Kier alpha value is -3.67. The van der Waals surface area contributed by atoms with Crippen LogP contribution < -0.4 is 16.6 Å². The number of rotatable bonds is 2. The molecule has 0 radical (unpaired) electrons. The van der Waals surface area contributed by atoms with Crippen LogP contribution in [0, 0.1) is 11.8 Å². The predicted octanol–water partition coefficient (Wildman–Crippen LogP) is 2.87. The standard InChI is InChI=1S/C25H23N3O3/c1-27-20-14-19-18(9-5-6-10-21(19)29)23(22(20)24(30)28(2)25(27)31)26-17-12-11-15-7-3-4-8-16(15)13-17/h3-13,18-19,23,26H,14H2,1-2H3/t18-,19-,23+/m1/s1. The van der Waals surface area contributed by atoms with E-state index in [2.05, 4.69) is 11.4 Å². The van der Waals surface area contributed by atoms with Crippen LogP contribution in [0.3, 0.4) is 0 Å². The van der Waals surface area contributed by atoms with E-state index in [1.807, 2.05) is 48.6 Å². The minimum Gasteiger partial charge on any atom is -0.377 e. The second-order valence-corrected chi connectivity index (χ2v) is 8.28. The van der Waals surface area contributed by atoms with E-state index < -0.39 is 6.04 Å². The first-order valence-corrected chi connectivity index (χ1v) is 10.4. The van der Waals surface area contributed by atoms with Crippen molar-refractivity contribution in [2.24, 2.45) is 25.9 Å². The van der Waals surface area contributed by atoms with Crippen molar-refractivity contribution in [2.45, 2.75) is 12.5 Å². The molecule has 1 N–H and O–H groups in total. The van der Waals surface area contributed by atoms with Gasteiger partial charge >= 0.3 is 5.69 Å². The maximum Gasteiger partial charge on any atom is 0.330 e. The lowest BCUT2D eigenvalue weighted by atomic mass is 9.72. The van der Waals surface area contributed by atoms with E-state index in [0.717, 1.165) is 21.0 Å². The Morgan fingerprint density at radius 3 is 2.52 bits per heavy atom. The van der Waals surface area contributed by atoms with Crippen LogP contribution in [0.25, 0.3) is 10.8 Å². The number of nitrogens with zero attached hydrogens (tertiary/aromatic N) is 2. The Morgan fingerprint density at radius 2 is 1.71 bits per heavy atom. The third kappa shape index (κ3) is 3.06. The fourth-order valence-electron chi connectivity index (χ4n) is 4.87. The first-order chi connectivity index (χ1) is 15.0. The number of fused-ring (bicyclic) bond motifs is 3. The molecule has 2 aliphatic carbocycles. The maximum absolute atomic E-state index is 13.2. The zero-order chi connectivity index (χ0) is 21.7. The Balaban J connectivity index is 1.70. The van der Waals surface area contributed by atoms with Crippen LogP contribution in [0.5, 0.6) is 0 Å². The largest absolute Gasteiger partial charge is 0.377 e. The van der Waals surface area contributed by atoms with Gasteiger partial charge in [0.25, 0.3) is 5.56 Å². The number of hydrogen-bond donors (Lipinski definition) is 1. The van der Waals surface area contributed by atoms with E-state index in [1.54, 1.807) is 19.2 Å². The molecule has 0 saturated carbocycles. The number of benzene rings is 2. The fourth-order valence-corrected chi connectivity index (χ4v) is 4.87. The maximum atomic E-state index is 13.2. The molecule has 6 nitrogen and oxygen atoms in total. The molecule has 0 amide bonds. The van der Waals surface area contributed by atoms with Crippen molar-refractivity contribution in [1.82, 2.24) is 9.13 Å². The van der Waals surface area contributed by atoms with Crippen molar-refractivity contribution < 1.29 is 4.79 Å². The molecule has 6 heteroatoms. The molecule has 1 heterocycles. The molecule has 1 aromatic heterocycles. The second kappa shape index (κ2) is 7.23. The molecule has 0 spiro atoms. The number of anilines is 1. The van der Waals surface area contributed by atoms with Gasteiger partial charge in [0.1, 0.15) is 0 Å². The minimum absolute atomic E-state index is 0.0130. The average molecular weight is 413 g/mol. The van der Waals surface area contributed by atoms with Crippen molar-refractivity contribution in [3.8, 4) is 0 Å². The fraction of sp³-hybridized carbons (Fsp3) is 0.240. The lowest BCUT2D eigenvalue weighted by molar-refractivity contribution is -0.119. The van der Waals surface area contributed by atoms with E-state index in [4.69, 9.17) is 0 Å². The highest BCUT2D eigenvalue weighted by molar-refractivity contribution is 5.93. The Bertz CT molecular complexity index is 1390. The molecule has 5 rings (SSSR count). The summed E-state index contributed by atoms with van der Waals surface area (Å²) in [6.07, 6.45) is 7.56. The number of allylic oxidation sites excluding steroid dienone is 3. The summed E-state index contributed by atoms with van der Waals surface area (Å²) in [6, 6.07) is 13.7. The summed E-state index contributed by atoms with van der Waals surface area (Å²) in [4.78, 5) is 38.7. The van der Waals surface area contributed by atoms with Gasteiger partial charge in [0.2, 0.25) is 0 Å². The molecule has 0 aliphatic heterocycles. The zero-order valence-electron chi connectivity index (χ0n) is 17.4. The number of ketones is 1. The van der Waals surface area contributed by atoms with Crippen molar-refractivity contribution in [1.29, 1.82) is 0 Å². The average Bonchev–Trinajstić information content (AvgIpc) is 2.97. The van der Waals surface area contributed by atoms with Gasteiger partial charge < -0.3 is 9.88 Å². The van der Waals surface area contributed by atoms with E-state index >= 15 is 0 Å². The normalized spacial score (nSPS) is 22.1. The predicted molar refractivity (Wildman–Crippen MR) is 121 cm³/mol. The molecule has 31 heavy (non-hydrogen) atoms. The van der Waals surface area contributed by atoms with Crippen molar-refractivity contribution >= 4 is 22.2 Å². The molecule has 0 unspecified atom stereocenters. The number of carbonyl (C=O) groups is 1. The van der Waals surface area contributed by atoms with Gasteiger partial charge in [-0.25, -0.2) is 4.79 Å². The van der Waals surface area contributed by atoms with E-state index in [9.17, 15) is 14.4 Å². The molecule has 156 valence electrons. The Kier molecular flexibility index (Phi) is 4.50. The highest BCUT2D eigenvalue weighted by atomic mass is 16.2. The van der Waals surface area contributed by atoms with Crippen LogP contribution in [0.15, 0.2) is 76.4 Å². The monoisotopic (exact) mass is 413 g/mol. The lowest BCUT2D eigenvalue weighted by Crippen LogP contribution is -2.48. The van der Waals surface area contributed by atoms with Gasteiger partial charge in [0, 0.05) is 37.3 Å². The van der Waals surface area contributed by atoms with Gasteiger partial charge in [-0.2, -0.15) is 0 Å². The lowest BCUT2D eigenvalue weighted by Gasteiger charge is -2.38. The van der Waals surface area contributed by atoms with Crippen molar-refractivity contribution in [3.63, 3.8) is 0 Å². The van der Waals surface area contributed by atoms with Gasteiger partial charge in [0.05, 0.1) is 11.6 Å². The van der Waals surface area contributed by atoms with Gasteiger partial charge in [-0.05, 0) is 35.4 Å². The number of hydrogen-bond acceptors (Lipinski definition) is 4. The summed E-state index contributed by atoms with van der Waals surface area (Å²) in [7, 11) is 3.17. The highest BCUT2D eigenvalue weighted by Gasteiger charge is 2.42. The number of aromatic nitrogens is 2. The third-order valence-corrected chi connectivity index (χ3v) is 6.54. The minimum atomic E-state index is -0.430. The van der Waals surface area contributed by atoms with Gasteiger partial charge in [-0.3, -0.25) is 14.2 Å². The van der Waals surface area contributed by atoms with E-state index in [0.29, 0.717) is 17.7 Å². The first-order valence-electron chi connectivity index (χ1n) is 10.4. The number of nitrogens with one attached hydrogen (secondary N) is 1. The Morgan fingerprint density at radius 1 is 0.935 bits per heavy atom. The molecule has 2 aliphatic rings. The molecular weight excluding hydrogens is 390 g/mol. The van der Waals surface area contributed by atoms with Crippen LogP contribution in [-0.2, 0) is 25.3 Å². The summed E-state index contributed by atoms with van der Waals surface area (Å²) >= 11 is 0. The summed E-state index contributed by atoms with van der Waals surface area (Å²) < 4.78 is 2.66. The molecule has 2 aromatic carbocycles. The zero-order valence-corrected chi connectivity index (χ0v) is 17.4. The van der Waals surface area contributed by atoms with E-state index in [1.165, 1.54) is 11.6 Å². The smallest absolute Gasteiger partial charge is 0.330 e. The SMILES string of the molecule is Cn1c2c(c(=O)n(C)c1=O)[C@@H](Nc1ccc3ccccc3c1)[C@@H]1C=CC=CC(=O)[C@@H]1C2. The summed E-state index contributed by atoms with van der Waals surface area (Å²) in [6.45, 7) is 0. The highest BCUT2D eigenvalue weighted by Crippen LogP contribution is 2.41. The molecule has 3 atom stereocenters. The third-order valence-electron chi connectivity index (χ3n) is 6.54. The second-order valence-electron chi connectivity index (χ2n) is 8.28. The quantitative estimate of drug-likeness (QED) is 0.701. The summed E-state index contributed by atoms with van der Waals surface area (Å²) in [5, 5.41) is 5.74. The number of carbonyl (C=O) groups excluding carboxylic acids is 1. The van der Waals surface area contributed by atoms with Crippen LogP contribution >= 0.6 is 0 Å². The molecule has 0 bridgehead atoms. The van der Waals surface area contributed by atoms with Crippen LogP contribution in [0.2, 0.25) is 0 Å². The van der Waals surface area contributed by atoms with Gasteiger partial charge in [0.15, 0.2) is 5.78 Å². The molecule has 0 saturated heterocycles. The van der Waals surface area contributed by atoms with Crippen LogP contribution in [-0.4, -0.2) is 14.9 Å². The van der Waals surface area contributed by atoms with Gasteiger partial charge in [-0.15, -0.1) is 0 Å². The summed E-state index contributed by atoms with van der Waals surface area (Å²) in [5.74, 6) is -0.524. The Labute approximate surface area is 179 Å². The van der Waals surface area contributed by atoms with E-state index in [-0.39, 0.29) is 28.9 Å². The molecular formula is C25H23N3O3. The summed E-state index contributed by atoms with van der Waals surface area (Å²) in [5.41, 5.74) is 1.36. The van der Waals surface area contributed by atoms with Gasteiger partial charge in [-0.1, -0.05) is 48.6 Å². The van der Waals surface area contributed by atoms with Crippen LogP contribution in [0.1, 0.15) is 17.3 Å². The molecule has 3 aromatic rings.